The van der Waals surface area contributed by atoms with E-state index in [1.54, 1.807) is 0 Å². The Hall–Kier alpha value is -0.620. The standard InChI is InChI=1S/C16H30N2O3S/c19-16(13-22(20,21)15-9-5-6-10-15)18-12-11-17-14-7-3-1-2-4-8-14/h14-15,17H,1-13H2,(H,18,19). The molecule has 2 aliphatic carbocycles. The van der Waals surface area contributed by atoms with Crippen LogP contribution >= 0.6 is 0 Å². The van der Waals surface area contributed by atoms with Gasteiger partial charge in [0.1, 0.15) is 5.75 Å². The third kappa shape index (κ3) is 5.88. The second kappa shape index (κ2) is 8.87. The molecule has 2 fully saturated rings. The first-order valence-electron chi connectivity index (χ1n) is 8.79. The van der Waals surface area contributed by atoms with Gasteiger partial charge in [0.2, 0.25) is 5.91 Å². The van der Waals surface area contributed by atoms with Crippen LogP contribution < -0.4 is 10.6 Å². The molecule has 0 aromatic heterocycles. The number of amides is 1. The Balaban J connectivity index is 1.61. The molecule has 0 bridgehead atoms. The van der Waals surface area contributed by atoms with Gasteiger partial charge in [-0.2, -0.15) is 0 Å². The van der Waals surface area contributed by atoms with E-state index in [0.717, 1.165) is 32.2 Å². The predicted molar refractivity (Wildman–Crippen MR) is 88.5 cm³/mol. The Morgan fingerprint density at radius 2 is 1.45 bits per heavy atom. The highest BCUT2D eigenvalue weighted by atomic mass is 32.2. The van der Waals surface area contributed by atoms with Crippen LogP contribution in [0, 0.1) is 0 Å². The smallest absolute Gasteiger partial charge is 0.235 e. The lowest BCUT2D eigenvalue weighted by atomic mass is 10.1. The third-order valence-electron chi connectivity index (χ3n) is 4.88. The lowest BCUT2D eigenvalue weighted by Gasteiger charge is -2.16. The van der Waals surface area contributed by atoms with E-state index < -0.39 is 9.84 Å². The monoisotopic (exact) mass is 330 g/mol. The van der Waals surface area contributed by atoms with Crippen LogP contribution in [0.1, 0.15) is 64.2 Å². The zero-order valence-corrected chi connectivity index (χ0v) is 14.3. The van der Waals surface area contributed by atoms with Gasteiger partial charge in [0.05, 0.1) is 5.25 Å². The molecular weight excluding hydrogens is 300 g/mol. The van der Waals surface area contributed by atoms with E-state index in [2.05, 4.69) is 10.6 Å². The van der Waals surface area contributed by atoms with Crippen LogP contribution in [-0.2, 0) is 14.6 Å². The van der Waals surface area contributed by atoms with E-state index in [9.17, 15) is 13.2 Å². The van der Waals surface area contributed by atoms with Gasteiger partial charge in [-0.3, -0.25) is 4.79 Å². The first-order chi connectivity index (χ1) is 10.6. The maximum absolute atomic E-state index is 12.1. The second-order valence-corrected chi connectivity index (χ2v) is 8.99. The van der Waals surface area contributed by atoms with Crippen molar-refractivity contribution in [1.29, 1.82) is 0 Å². The SMILES string of the molecule is O=C(CS(=O)(=O)C1CCCC1)NCCNC1CCCCCC1. The molecule has 2 N–H and O–H groups in total. The van der Waals surface area contributed by atoms with Gasteiger partial charge in [-0.15, -0.1) is 0 Å². The minimum Gasteiger partial charge on any atom is -0.354 e. The molecule has 0 aromatic carbocycles. The molecule has 0 aliphatic heterocycles. The lowest BCUT2D eigenvalue weighted by Crippen LogP contribution is -2.39. The van der Waals surface area contributed by atoms with Gasteiger partial charge < -0.3 is 10.6 Å². The van der Waals surface area contributed by atoms with Crippen molar-refractivity contribution >= 4 is 15.7 Å². The molecule has 128 valence electrons. The van der Waals surface area contributed by atoms with E-state index in [1.807, 2.05) is 0 Å². The summed E-state index contributed by atoms with van der Waals surface area (Å²) < 4.78 is 24.2. The zero-order valence-electron chi connectivity index (χ0n) is 13.5. The van der Waals surface area contributed by atoms with Crippen molar-refractivity contribution in [3.63, 3.8) is 0 Å². The number of hydrogen-bond donors (Lipinski definition) is 2. The van der Waals surface area contributed by atoms with Gasteiger partial charge in [0.25, 0.3) is 0 Å². The summed E-state index contributed by atoms with van der Waals surface area (Å²) >= 11 is 0. The van der Waals surface area contributed by atoms with Crippen molar-refractivity contribution in [3.8, 4) is 0 Å². The van der Waals surface area contributed by atoms with Crippen molar-refractivity contribution in [2.24, 2.45) is 0 Å². The summed E-state index contributed by atoms with van der Waals surface area (Å²) in [5.41, 5.74) is 0. The number of rotatable bonds is 7. The maximum Gasteiger partial charge on any atom is 0.235 e. The van der Waals surface area contributed by atoms with Gasteiger partial charge in [-0.1, -0.05) is 38.5 Å². The van der Waals surface area contributed by atoms with Crippen molar-refractivity contribution in [2.45, 2.75) is 75.5 Å². The maximum atomic E-state index is 12.1. The van der Waals surface area contributed by atoms with Gasteiger partial charge in [0.15, 0.2) is 9.84 Å². The molecule has 0 radical (unpaired) electrons. The Kier molecular flexibility index (Phi) is 7.15. The number of nitrogens with one attached hydrogen (secondary N) is 2. The summed E-state index contributed by atoms with van der Waals surface area (Å²) in [5.74, 6) is -0.698. The lowest BCUT2D eigenvalue weighted by molar-refractivity contribution is -0.118. The number of carbonyl (C=O) groups excluding carboxylic acids is 1. The van der Waals surface area contributed by atoms with Crippen LogP contribution in [0.4, 0.5) is 0 Å². The van der Waals surface area contributed by atoms with Crippen molar-refractivity contribution in [2.75, 3.05) is 18.8 Å². The highest BCUT2D eigenvalue weighted by Crippen LogP contribution is 2.25. The van der Waals surface area contributed by atoms with Crippen LogP contribution in [0.25, 0.3) is 0 Å². The molecule has 0 aromatic rings. The number of hydrogen-bond acceptors (Lipinski definition) is 4. The molecular formula is C16H30N2O3S. The largest absolute Gasteiger partial charge is 0.354 e. The molecule has 2 rings (SSSR count). The number of sulfone groups is 1. The van der Waals surface area contributed by atoms with Crippen molar-refractivity contribution in [3.05, 3.63) is 0 Å². The first-order valence-corrected chi connectivity index (χ1v) is 10.5. The summed E-state index contributed by atoms with van der Waals surface area (Å²) in [6.45, 7) is 1.23. The van der Waals surface area contributed by atoms with Crippen LogP contribution in [-0.4, -0.2) is 44.5 Å². The van der Waals surface area contributed by atoms with Crippen LogP contribution in [0.15, 0.2) is 0 Å². The summed E-state index contributed by atoms with van der Waals surface area (Å²) in [6.07, 6.45) is 11.0. The fourth-order valence-electron chi connectivity index (χ4n) is 3.56. The highest BCUT2D eigenvalue weighted by molar-refractivity contribution is 7.92. The molecule has 0 spiro atoms. The molecule has 0 saturated heterocycles. The third-order valence-corrected chi connectivity index (χ3v) is 7.03. The van der Waals surface area contributed by atoms with Crippen molar-refractivity contribution in [1.82, 2.24) is 10.6 Å². The number of carbonyl (C=O) groups is 1. The molecule has 5 nitrogen and oxygen atoms in total. The molecule has 2 aliphatic rings. The summed E-state index contributed by atoms with van der Waals surface area (Å²) in [4.78, 5) is 11.8. The molecule has 1 amide bonds. The molecule has 0 heterocycles. The van der Waals surface area contributed by atoms with Crippen LogP contribution in [0.2, 0.25) is 0 Å². The van der Waals surface area contributed by atoms with E-state index in [1.165, 1.54) is 38.5 Å². The van der Waals surface area contributed by atoms with Gasteiger partial charge in [0, 0.05) is 19.1 Å². The van der Waals surface area contributed by atoms with Gasteiger partial charge >= 0.3 is 0 Å². The zero-order chi connectivity index (χ0) is 15.8. The van der Waals surface area contributed by atoms with Crippen LogP contribution in [0.3, 0.4) is 0 Å². The fourth-order valence-corrected chi connectivity index (χ4v) is 5.32. The average molecular weight is 330 g/mol. The van der Waals surface area contributed by atoms with E-state index in [4.69, 9.17) is 0 Å². The van der Waals surface area contributed by atoms with E-state index >= 15 is 0 Å². The minimum atomic E-state index is -3.25. The molecule has 0 unspecified atom stereocenters. The Morgan fingerprint density at radius 1 is 0.864 bits per heavy atom. The predicted octanol–water partition coefficient (Wildman–Crippen LogP) is 1.77. The Bertz CT molecular complexity index is 436. The Labute approximate surface area is 134 Å². The van der Waals surface area contributed by atoms with Crippen molar-refractivity contribution < 1.29 is 13.2 Å². The molecule has 6 heteroatoms. The highest BCUT2D eigenvalue weighted by Gasteiger charge is 2.30. The Morgan fingerprint density at radius 3 is 2.09 bits per heavy atom. The average Bonchev–Trinajstić information content (AvgIpc) is 2.90. The first kappa shape index (κ1) is 17.7. The topological polar surface area (TPSA) is 75.3 Å². The van der Waals surface area contributed by atoms with Gasteiger partial charge in [-0.05, 0) is 25.7 Å². The van der Waals surface area contributed by atoms with Gasteiger partial charge in [-0.25, -0.2) is 8.42 Å². The normalized spacial score (nSPS) is 21.6. The van der Waals surface area contributed by atoms with Crippen LogP contribution in [0.5, 0.6) is 0 Å². The minimum absolute atomic E-state index is 0.289. The molecule has 0 atom stereocenters. The second-order valence-electron chi connectivity index (χ2n) is 6.71. The van der Waals surface area contributed by atoms with E-state index in [-0.39, 0.29) is 16.9 Å². The summed E-state index contributed by atoms with van der Waals surface area (Å²) in [5, 5.41) is 5.92. The fraction of sp³-hybridized carbons (Fsp3) is 0.938. The molecule has 22 heavy (non-hydrogen) atoms. The summed E-state index contributed by atoms with van der Waals surface area (Å²) in [6, 6.07) is 0.557. The summed E-state index contributed by atoms with van der Waals surface area (Å²) in [7, 11) is -3.25. The quantitative estimate of drug-likeness (QED) is 0.551. The van der Waals surface area contributed by atoms with E-state index in [0.29, 0.717) is 12.6 Å². The molecule has 2 saturated carbocycles.